The first-order chi connectivity index (χ1) is 8.61. The molecule has 18 heavy (non-hydrogen) atoms. The van der Waals surface area contributed by atoms with Crippen molar-refractivity contribution < 1.29 is 17.9 Å². The third kappa shape index (κ3) is 2.75. The lowest BCUT2D eigenvalue weighted by Gasteiger charge is -2.17. The summed E-state index contributed by atoms with van der Waals surface area (Å²) in [6.45, 7) is 3.13. The summed E-state index contributed by atoms with van der Waals surface area (Å²) in [5.41, 5.74) is 0. The third-order valence-electron chi connectivity index (χ3n) is 3.17. The van der Waals surface area contributed by atoms with Gasteiger partial charge in [-0.2, -0.15) is 9.37 Å². The van der Waals surface area contributed by atoms with Gasteiger partial charge in [0.1, 0.15) is 0 Å². The smallest absolute Gasteiger partial charge is 0.251 e. The molecule has 1 aliphatic rings. The van der Waals surface area contributed by atoms with Gasteiger partial charge in [-0.25, -0.2) is 8.78 Å². The number of nitrogens with one attached hydrogen (secondary N) is 1. The lowest BCUT2D eigenvalue weighted by molar-refractivity contribution is 0.0900. The Morgan fingerprint density at radius 3 is 2.89 bits per heavy atom. The molecule has 0 saturated carbocycles. The van der Waals surface area contributed by atoms with E-state index in [1.54, 1.807) is 0 Å². The molecule has 100 valence electrons. The summed E-state index contributed by atoms with van der Waals surface area (Å²) in [6.07, 6.45) is 1.88. The topological polar surface area (TPSA) is 34.1 Å². The van der Waals surface area contributed by atoms with Crippen molar-refractivity contribution in [3.05, 3.63) is 23.6 Å². The number of ether oxygens (including phenoxy) is 1. The molecule has 1 aromatic rings. The Hall–Kier alpha value is -1.30. The predicted octanol–water partition coefficient (Wildman–Crippen LogP) is 2.73. The van der Waals surface area contributed by atoms with Crippen LogP contribution in [-0.2, 0) is 4.74 Å². The number of halogens is 3. The fourth-order valence-corrected chi connectivity index (χ4v) is 2.17. The van der Waals surface area contributed by atoms with Crippen molar-refractivity contribution in [1.82, 2.24) is 4.98 Å². The maximum Gasteiger partial charge on any atom is 0.251 e. The van der Waals surface area contributed by atoms with E-state index in [9.17, 15) is 13.2 Å². The van der Waals surface area contributed by atoms with Gasteiger partial charge in [0.15, 0.2) is 17.5 Å². The van der Waals surface area contributed by atoms with E-state index in [0.29, 0.717) is 19.2 Å². The molecule has 2 heterocycles. The number of hydrogen-bond acceptors (Lipinski definition) is 3. The summed E-state index contributed by atoms with van der Waals surface area (Å²) in [7, 11) is 0. The molecule has 2 atom stereocenters. The van der Waals surface area contributed by atoms with Crippen LogP contribution in [0.15, 0.2) is 6.07 Å². The first-order valence-electron chi connectivity index (χ1n) is 5.98. The van der Waals surface area contributed by atoms with Gasteiger partial charge >= 0.3 is 0 Å². The molecule has 2 rings (SSSR count). The summed E-state index contributed by atoms with van der Waals surface area (Å²) in [5.74, 6) is -3.48. The number of anilines is 1. The van der Waals surface area contributed by atoms with Crippen molar-refractivity contribution in [3.8, 4) is 0 Å². The van der Waals surface area contributed by atoms with E-state index in [4.69, 9.17) is 4.74 Å². The minimum atomic E-state index is -1.30. The SMILES string of the molecule is CCC1OCCC1CNc1nc(F)c(F)cc1F. The zero-order chi connectivity index (χ0) is 13.1. The highest BCUT2D eigenvalue weighted by atomic mass is 19.2. The number of hydrogen-bond donors (Lipinski definition) is 1. The van der Waals surface area contributed by atoms with Gasteiger partial charge in [-0.15, -0.1) is 0 Å². The van der Waals surface area contributed by atoms with E-state index in [2.05, 4.69) is 10.3 Å². The lowest BCUT2D eigenvalue weighted by atomic mass is 10.00. The molecule has 6 heteroatoms. The van der Waals surface area contributed by atoms with E-state index in [-0.39, 0.29) is 17.8 Å². The Morgan fingerprint density at radius 1 is 1.39 bits per heavy atom. The van der Waals surface area contributed by atoms with Crippen LogP contribution in [-0.4, -0.2) is 24.2 Å². The zero-order valence-electron chi connectivity index (χ0n) is 10.0. The van der Waals surface area contributed by atoms with Crippen LogP contribution < -0.4 is 5.32 Å². The van der Waals surface area contributed by atoms with Gasteiger partial charge in [-0.05, 0) is 12.8 Å². The van der Waals surface area contributed by atoms with Crippen LogP contribution in [0.25, 0.3) is 0 Å². The first-order valence-corrected chi connectivity index (χ1v) is 5.98. The molecular weight excluding hydrogens is 245 g/mol. The molecule has 1 fully saturated rings. The number of rotatable bonds is 4. The van der Waals surface area contributed by atoms with E-state index in [0.717, 1.165) is 12.8 Å². The molecule has 0 bridgehead atoms. The van der Waals surface area contributed by atoms with Crippen molar-refractivity contribution >= 4 is 5.82 Å². The highest BCUT2D eigenvalue weighted by molar-refractivity contribution is 5.36. The van der Waals surface area contributed by atoms with Gasteiger partial charge in [0.05, 0.1) is 6.10 Å². The molecule has 0 aromatic carbocycles. The average Bonchev–Trinajstić information content (AvgIpc) is 2.79. The number of aromatic nitrogens is 1. The summed E-state index contributed by atoms with van der Waals surface area (Å²) in [4.78, 5) is 3.22. The maximum atomic E-state index is 13.3. The zero-order valence-corrected chi connectivity index (χ0v) is 10.0. The fraction of sp³-hybridized carbons (Fsp3) is 0.583. The largest absolute Gasteiger partial charge is 0.378 e. The van der Waals surface area contributed by atoms with Crippen molar-refractivity contribution in [3.63, 3.8) is 0 Å². The summed E-state index contributed by atoms with van der Waals surface area (Å²) in [5, 5.41) is 2.71. The summed E-state index contributed by atoms with van der Waals surface area (Å²) in [6, 6.07) is 0.493. The molecule has 0 radical (unpaired) electrons. The standard InChI is InChI=1S/C12H15F3N2O/c1-2-10-7(3-4-18-10)6-16-12-9(14)5-8(13)11(15)17-12/h5,7,10H,2-4,6H2,1H3,(H,16,17). The average molecular weight is 260 g/mol. The van der Waals surface area contributed by atoms with Crippen LogP contribution in [0.4, 0.5) is 19.0 Å². The van der Waals surface area contributed by atoms with Gasteiger partial charge in [-0.3, -0.25) is 0 Å². The molecule has 0 amide bonds. The molecule has 3 nitrogen and oxygen atoms in total. The minimum absolute atomic E-state index is 0.130. The molecular formula is C12H15F3N2O. The molecule has 1 aromatic heterocycles. The minimum Gasteiger partial charge on any atom is -0.378 e. The highest BCUT2D eigenvalue weighted by Crippen LogP contribution is 2.24. The predicted molar refractivity (Wildman–Crippen MR) is 60.7 cm³/mol. The van der Waals surface area contributed by atoms with Gasteiger partial charge in [-0.1, -0.05) is 6.92 Å². The van der Waals surface area contributed by atoms with Gasteiger partial charge in [0, 0.05) is 25.1 Å². The van der Waals surface area contributed by atoms with Crippen LogP contribution >= 0.6 is 0 Å². The highest BCUT2D eigenvalue weighted by Gasteiger charge is 2.26. The summed E-state index contributed by atoms with van der Waals surface area (Å²) >= 11 is 0. The molecule has 1 saturated heterocycles. The quantitative estimate of drug-likeness (QED) is 0.845. The van der Waals surface area contributed by atoms with Crippen LogP contribution in [0, 0.1) is 23.5 Å². The normalized spacial score (nSPS) is 23.3. The van der Waals surface area contributed by atoms with Crippen molar-refractivity contribution in [2.75, 3.05) is 18.5 Å². The summed E-state index contributed by atoms with van der Waals surface area (Å²) < 4.78 is 44.4. The molecule has 0 aliphatic carbocycles. The second-order valence-electron chi connectivity index (χ2n) is 4.34. The Balaban J connectivity index is 2.00. The molecule has 0 spiro atoms. The van der Waals surface area contributed by atoms with Crippen LogP contribution in [0.3, 0.4) is 0 Å². The molecule has 1 N–H and O–H groups in total. The van der Waals surface area contributed by atoms with Crippen molar-refractivity contribution in [1.29, 1.82) is 0 Å². The van der Waals surface area contributed by atoms with E-state index >= 15 is 0 Å². The van der Waals surface area contributed by atoms with E-state index < -0.39 is 17.6 Å². The lowest BCUT2D eigenvalue weighted by Crippen LogP contribution is -2.23. The number of pyridine rings is 1. The Morgan fingerprint density at radius 2 is 2.17 bits per heavy atom. The van der Waals surface area contributed by atoms with Crippen molar-refractivity contribution in [2.45, 2.75) is 25.9 Å². The van der Waals surface area contributed by atoms with Gasteiger partial charge in [0.2, 0.25) is 0 Å². The van der Waals surface area contributed by atoms with Gasteiger partial charge in [0.25, 0.3) is 5.95 Å². The molecule has 1 aliphatic heterocycles. The van der Waals surface area contributed by atoms with Crippen LogP contribution in [0.1, 0.15) is 19.8 Å². The maximum absolute atomic E-state index is 13.3. The monoisotopic (exact) mass is 260 g/mol. The number of nitrogens with zero attached hydrogens (tertiary/aromatic N) is 1. The van der Waals surface area contributed by atoms with Crippen LogP contribution in [0.5, 0.6) is 0 Å². The molecule has 2 unspecified atom stereocenters. The second-order valence-corrected chi connectivity index (χ2v) is 4.34. The van der Waals surface area contributed by atoms with E-state index in [1.165, 1.54) is 0 Å². The van der Waals surface area contributed by atoms with Crippen molar-refractivity contribution in [2.24, 2.45) is 5.92 Å². The second kappa shape index (κ2) is 5.56. The third-order valence-corrected chi connectivity index (χ3v) is 3.17. The Kier molecular flexibility index (Phi) is 4.06. The van der Waals surface area contributed by atoms with Crippen LogP contribution in [0.2, 0.25) is 0 Å². The fourth-order valence-electron chi connectivity index (χ4n) is 2.17. The Labute approximate surface area is 103 Å². The Bertz CT molecular complexity index is 428. The van der Waals surface area contributed by atoms with Gasteiger partial charge < -0.3 is 10.1 Å². The first kappa shape index (κ1) is 13.1. The van der Waals surface area contributed by atoms with E-state index in [1.807, 2.05) is 6.92 Å².